The molecule has 0 amide bonds. The highest BCUT2D eigenvalue weighted by molar-refractivity contribution is 7.80. The van der Waals surface area contributed by atoms with Gasteiger partial charge in [0, 0.05) is 26.5 Å². The highest BCUT2D eigenvalue weighted by Gasteiger charge is 2.06. The maximum Gasteiger partial charge on any atom is 0.127 e. The van der Waals surface area contributed by atoms with Gasteiger partial charge in [-0.15, -0.1) is 0 Å². The van der Waals surface area contributed by atoms with Crippen LogP contribution in [0.5, 0.6) is 0 Å². The van der Waals surface area contributed by atoms with Gasteiger partial charge < -0.3 is 15.2 Å². The summed E-state index contributed by atoms with van der Waals surface area (Å²) < 4.78 is 1.99. The third-order valence-corrected chi connectivity index (χ3v) is 2.95. The molecule has 2 N–H and O–H groups in total. The van der Waals surface area contributed by atoms with Crippen LogP contribution in [0.25, 0.3) is 0 Å². The minimum Gasteiger partial charge on any atom is -0.388 e. The Hall–Kier alpha value is -1.95. The minimum absolute atomic E-state index is 0.313. The van der Waals surface area contributed by atoms with E-state index in [1.807, 2.05) is 37.0 Å². The fourth-order valence-electron chi connectivity index (χ4n) is 1.61. The van der Waals surface area contributed by atoms with Crippen molar-refractivity contribution < 1.29 is 0 Å². The lowest BCUT2D eigenvalue weighted by Crippen LogP contribution is -2.19. The average Bonchev–Trinajstić information content (AvgIpc) is 2.75. The first-order valence-electron chi connectivity index (χ1n) is 5.51. The maximum absolute atomic E-state index is 5.51. The van der Waals surface area contributed by atoms with E-state index in [4.69, 9.17) is 18.0 Å². The van der Waals surface area contributed by atoms with Gasteiger partial charge in [-0.05, 0) is 12.1 Å². The Bertz CT molecular complexity index is 546. The molecule has 2 aromatic rings. The van der Waals surface area contributed by atoms with Crippen molar-refractivity contribution in [1.29, 1.82) is 0 Å². The van der Waals surface area contributed by atoms with E-state index in [2.05, 4.69) is 14.9 Å². The highest BCUT2D eigenvalue weighted by atomic mass is 32.1. The van der Waals surface area contributed by atoms with Crippen molar-refractivity contribution in [3.63, 3.8) is 0 Å². The van der Waals surface area contributed by atoms with E-state index in [9.17, 15) is 0 Å². The van der Waals surface area contributed by atoms with Crippen LogP contribution >= 0.6 is 12.2 Å². The number of aromatic nitrogens is 3. The quantitative estimate of drug-likeness (QED) is 0.835. The van der Waals surface area contributed by atoms with Gasteiger partial charge in [0.2, 0.25) is 0 Å². The molecule has 0 atom stereocenters. The molecule has 6 heteroatoms. The summed E-state index contributed by atoms with van der Waals surface area (Å²) in [7, 11) is 3.97. The summed E-state index contributed by atoms with van der Waals surface area (Å²) in [6.45, 7) is 0.720. The van der Waals surface area contributed by atoms with Gasteiger partial charge in [0.1, 0.15) is 10.8 Å². The van der Waals surface area contributed by atoms with Crippen LogP contribution < -0.4 is 10.6 Å². The number of hydrogen-bond acceptors (Lipinski definition) is 4. The van der Waals surface area contributed by atoms with Crippen molar-refractivity contribution in [3.05, 3.63) is 42.2 Å². The number of thiocarbonyl (C=S) groups is 1. The topological polar surface area (TPSA) is 60.0 Å². The van der Waals surface area contributed by atoms with E-state index in [1.165, 1.54) is 0 Å². The van der Waals surface area contributed by atoms with Crippen LogP contribution in [-0.4, -0.2) is 26.6 Å². The second-order valence-corrected chi connectivity index (χ2v) is 4.52. The Morgan fingerprint density at radius 1 is 1.44 bits per heavy atom. The molecule has 0 fully saturated rings. The van der Waals surface area contributed by atoms with Crippen molar-refractivity contribution in [2.45, 2.75) is 6.54 Å². The average molecular weight is 261 g/mol. The number of imidazole rings is 1. The maximum atomic E-state index is 5.51. The van der Waals surface area contributed by atoms with Crippen LogP contribution in [0.4, 0.5) is 5.69 Å². The zero-order valence-corrected chi connectivity index (χ0v) is 11.2. The summed E-state index contributed by atoms with van der Waals surface area (Å²) in [5.74, 6) is 0.996. The Morgan fingerprint density at radius 3 is 2.72 bits per heavy atom. The molecule has 0 unspecified atom stereocenters. The molecular weight excluding hydrogens is 246 g/mol. The molecule has 0 aromatic carbocycles. The summed E-state index contributed by atoms with van der Waals surface area (Å²) >= 11 is 4.87. The Kier molecular flexibility index (Phi) is 3.57. The molecule has 94 valence electrons. The molecule has 5 nitrogen and oxygen atoms in total. The molecule has 0 radical (unpaired) electrons. The van der Waals surface area contributed by atoms with Crippen LogP contribution in [0.1, 0.15) is 11.5 Å². The number of hydrogen-bond donors (Lipinski definition) is 1. The lowest BCUT2D eigenvalue weighted by atomic mass is 10.3. The van der Waals surface area contributed by atoms with E-state index < -0.39 is 0 Å². The third kappa shape index (κ3) is 2.65. The molecule has 0 spiro atoms. The van der Waals surface area contributed by atoms with Crippen LogP contribution in [-0.2, 0) is 13.6 Å². The van der Waals surface area contributed by atoms with E-state index in [0.717, 1.165) is 18.1 Å². The SMILES string of the molecule is CN(Cc1nccn1C)c1ccc(C(N)=S)nc1. The van der Waals surface area contributed by atoms with Gasteiger partial charge in [-0.3, -0.25) is 4.98 Å². The number of anilines is 1. The largest absolute Gasteiger partial charge is 0.388 e. The van der Waals surface area contributed by atoms with Crippen molar-refractivity contribution in [1.82, 2.24) is 14.5 Å². The number of rotatable bonds is 4. The highest BCUT2D eigenvalue weighted by Crippen LogP contribution is 2.13. The first-order valence-corrected chi connectivity index (χ1v) is 5.92. The molecular formula is C12H15N5S. The minimum atomic E-state index is 0.313. The van der Waals surface area contributed by atoms with Gasteiger partial charge in [0.25, 0.3) is 0 Å². The van der Waals surface area contributed by atoms with E-state index in [1.54, 1.807) is 12.4 Å². The van der Waals surface area contributed by atoms with Gasteiger partial charge in [-0.1, -0.05) is 12.2 Å². The Labute approximate surface area is 111 Å². The fraction of sp³-hybridized carbons (Fsp3) is 0.250. The predicted molar refractivity (Wildman–Crippen MR) is 75.4 cm³/mol. The molecule has 18 heavy (non-hydrogen) atoms. The van der Waals surface area contributed by atoms with Crippen molar-refractivity contribution in [2.24, 2.45) is 12.8 Å². The number of nitrogens with two attached hydrogens (primary N) is 1. The van der Waals surface area contributed by atoms with Crippen molar-refractivity contribution >= 4 is 22.9 Å². The molecule has 2 rings (SSSR count). The first-order chi connectivity index (χ1) is 8.58. The molecule has 0 aliphatic carbocycles. The zero-order valence-electron chi connectivity index (χ0n) is 10.4. The van der Waals surface area contributed by atoms with Gasteiger partial charge >= 0.3 is 0 Å². The number of pyridine rings is 1. The fourth-order valence-corrected chi connectivity index (χ4v) is 1.73. The van der Waals surface area contributed by atoms with Crippen LogP contribution in [0.3, 0.4) is 0 Å². The standard InChI is InChI=1S/C12H15N5S/c1-16-6-5-14-11(16)8-17(2)9-3-4-10(12(13)18)15-7-9/h3-7H,8H2,1-2H3,(H2,13,18). The molecule has 2 heterocycles. The lowest BCUT2D eigenvalue weighted by Gasteiger charge is -2.18. The first kappa shape index (κ1) is 12.5. The molecule has 0 bridgehead atoms. The van der Waals surface area contributed by atoms with Crippen molar-refractivity contribution in [3.8, 4) is 0 Å². The van der Waals surface area contributed by atoms with Gasteiger partial charge in [0.15, 0.2) is 0 Å². The van der Waals surface area contributed by atoms with E-state index in [-0.39, 0.29) is 0 Å². The van der Waals surface area contributed by atoms with Crippen LogP contribution in [0.2, 0.25) is 0 Å². The Balaban J connectivity index is 2.12. The summed E-state index contributed by atoms with van der Waals surface area (Å²) in [5, 5.41) is 0. The smallest absolute Gasteiger partial charge is 0.127 e. The summed E-state index contributed by atoms with van der Waals surface area (Å²) in [4.78, 5) is 10.9. The molecule has 2 aromatic heterocycles. The molecule has 0 aliphatic rings. The number of nitrogens with zero attached hydrogens (tertiary/aromatic N) is 4. The molecule has 0 aliphatic heterocycles. The van der Waals surface area contributed by atoms with E-state index >= 15 is 0 Å². The second-order valence-electron chi connectivity index (χ2n) is 4.08. The summed E-state index contributed by atoms with van der Waals surface area (Å²) in [5.41, 5.74) is 7.15. The van der Waals surface area contributed by atoms with Crippen LogP contribution in [0, 0.1) is 0 Å². The summed E-state index contributed by atoms with van der Waals surface area (Å²) in [6.07, 6.45) is 5.48. The predicted octanol–water partition coefficient (Wildman–Crippen LogP) is 1.09. The lowest BCUT2D eigenvalue weighted by molar-refractivity contribution is 0.761. The van der Waals surface area contributed by atoms with Gasteiger partial charge in [0.05, 0.1) is 24.1 Å². The molecule has 0 saturated carbocycles. The Morgan fingerprint density at radius 2 is 2.22 bits per heavy atom. The zero-order chi connectivity index (χ0) is 13.1. The van der Waals surface area contributed by atoms with Crippen LogP contribution in [0.15, 0.2) is 30.7 Å². The second kappa shape index (κ2) is 5.14. The number of aryl methyl sites for hydroxylation is 1. The monoisotopic (exact) mass is 261 g/mol. The third-order valence-electron chi connectivity index (χ3n) is 2.74. The van der Waals surface area contributed by atoms with Gasteiger partial charge in [-0.25, -0.2) is 4.98 Å². The molecule has 0 saturated heterocycles. The summed E-state index contributed by atoms with van der Waals surface area (Å²) in [6, 6.07) is 3.77. The van der Waals surface area contributed by atoms with E-state index in [0.29, 0.717) is 10.7 Å². The normalized spacial score (nSPS) is 10.3. The van der Waals surface area contributed by atoms with Crippen molar-refractivity contribution in [2.75, 3.05) is 11.9 Å². The van der Waals surface area contributed by atoms with Gasteiger partial charge in [-0.2, -0.15) is 0 Å².